The Morgan fingerprint density at radius 3 is 2.71 bits per heavy atom. The summed E-state index contributed by atoms with van der Waals surface area (Å²) in [7, 11) is 1.59. The maximum Gasteiger partial charge on any atom is 0.280 e. The number of benzene rings is 2. The Morgan fingerprint density at radius 1 is 1.23 bits per heavy atom. The Bertz CT molecular complexity index is 1230. The van der Waals surface area contributed by atoms with Crippen molar-refractivity contribution in [3.8, 4) is 17.2 Å². The van der Waals surface area contributed by atoms with E-state index in [1.54, 1.807) is 38.3 Å². The van der Waals surface area contributed by atoms with Crippen molar-refractivity contribution in [2.24, 2.45) is 0 Å². The first-order valence-corrected chi connectivity index (χ1v) is 9.69. The van der Waals surface area contributed by atoms with Crippen LogP contribution in [0, 0.1) is 6.92 Å². The van der Waals surface area contributed by atoms with Crippen molar-refractivity contribution in [1.82, 2.24) is 20.0 Å². The standard InChI is InChI=1S/C21H19ClN6O3/c1-12-16(25-21(31-12)15-5-3-4-6-17(15)30-2)11-28-19(23)18(26-27-28)20(29)24-14-9-7-13(22)8-10-14/h3-10H,11,23H2,1-2H3,(H,24,29). The molecule has 0 atom stereocenters. The maximum atomic E-state index is 12.5. The number of anilines is 2. The zero-order valence-electron chi connectivity index (χ0n) is 16.8. The number of nitrogens with zero attached hydrogens (tertiary/aromatic N) is 4. The van der Waals surface area contributed by atoms with Gasteiger partial charge in [0.25, 0.3) is 5.91 Å². The Labute approximate surface area is 182 Å². The molecule has 0 aliphatic carbocycles. The lowest BCUT2D eigenvalue weighted by atomic mass is 10.2. The second-order valence-electron chi connectivity index (χ2n) is 6.66. The van der Waals surface area contributed by atoms with E-state index >= 15 is 0 Å². The molecular formula is C21H19ClN6O3. The molecule has 0 saturated carbocycles. The van der Waals surface area contributed by atoms with Crippen molar-refractivity contribution in [2.75, 3.05) is 18.2 Å². The van der Waals surface area contributed by atoms with Gasteiger partial charge in [0, 0.05) is 10.7 Å². The average molecular weight is 439 g/mol. The lowest BCUT2D eigenvalue weighted by Crippen LogP contribution is -2.15. The second-order valence-corrected chi connectivity index (χ2v) is 7.10. The fourth-order valence-corrected chi connectivity index (χ4v) is 3.10. The second kappa shape index (κ2) is 8.49. The summed E-state index contributed by atoms with van der Waals surface area (Å²) in [4.78, 5) is 17.1. The molecule has 2 aromatic carbocycles. The number of aryl methyl sites for hydroxylation is 1. The Kier molecular flexibility index (Phi) is 5.59. The van der Waals surface area contributed by atoms with Crippen molar-refractivity contribution in [1.29, 1.82) is 0 Å². The van der Waals surface area contributed by atoms with Crippen LogP contribution >= 0.6 is 11.6 Å². The lowest BCUT2D eigenvalue weighted by Gasteiger charge is -2.04. The normalized spacial score (nSPS) is 10.8. The van der Waals surface area contributed by atoms with Gasteiger partial charge in [0.05, 0.1) is 19.2 Å². The third-order valence-corrected chi connectivity index (χ3v) is 4.87. The van der Waals surface area contributed by atoms with Crippen LogP contribution in [-0.2, 0) is 6.54 Å². The molecular weight excluding hydrogens is 420 g/mol. The SMILES string of the molecule is COc1ccccc1-c1nc(Cn2nnc(C(=O)Nc3ccc(Cl)cc3)c2N)c(C)o1. The molecule has 10 heteroatoms. The van der Waals surface area contributed by atoms with Crippen LogP contribution < -0.4 is 15.8 Å². The molecule has 0 aliphatic heterocycles. The van der Waals surface area contributed by atoms with Crippen LogP contribution in [0.15, 0.2) is 52.9 Å². The van der Waals surface area contributed by atoms with Crippen LogP contribution in [0.5, 0.6) is 5.75 Å². The van der Waals surface area contributed by atoms with Crippen molar-refractivity contribution in [2.45, 2.75) is 13.5 Å². The molecule has 0 radical (unpaired) electrons. The fraction of sp³-hybridized carbons (Fsp3) is 0.143. The highest BCUT2D eigenvalue weighted by Gasteiger charge is 2.21. The van der Waals surface area contributed by atoms with E-state index in [9.17, 15) is 4.79 Å². The van der Waals surface area contributed by atoms with Crippen LogP contribution in [0.2, 0.25) is 5.02 Å². The van der Waals surface area contributed by atoms with Crippen LogP contribution in [0.25, 0.3) is 11.5 Å². The van der Waals surface area contributed by atoms with E-state index in [0.717, 1.165) is 5.56 Å². The molecule has 0 unspecified atom stereocenters. The number of amides is 1. The van der Waals surface area contributed by atoms with Gasteiger partial charge in [-0.05, 0) is 43.3 Å². The number of ether oxygens (including phenoxy) is 1. The molecule has 2 aromatic heterocycles. The van der Waals surface area contributed by atoms with Gasteiger partial charge in [-0.3, -0.25) is 4.79 Å². The van der Waals surface area contributed by atoms with Gasteiger partial charge >= 0.3 is 0 Å². The molecule has 9 nitrogen and oxygen atoms in total. The fourth-order valence-electron chi connectivity index (χ4n) is 2.98. The number of halogens is 1. The number of rotatable bonds is 6. The minimum atomic E-state index is -0.474. The molecule has 0 spiro atoms. The first-order valence-electron chi connectivity index (χ1n) is 9.32. The highest BCUT2D eigenvalue weighted by molar-refractivity contribution is 6.30. The molecule has 158 valence electrons. The minimum absolute atomic E-state index is 0.0149. The van der Waals surface area contributed by atoms with E-state index in [-0.39, 0.29) is 18.1 Å². The van der Waals surface area contributed by atoms with E-state index in [4.69, 9.17) is 26.5 Å². The number of methoxy groups -OCH3 is 1. The highest BCUT2D eigenvalue weighted by Crippen LogP contribution is 2.30. The van der Waals surface area contributed by atoms with E-state index in [1.165, 1.54) is 4.68 Å². The maximum absolute atomic E-state index is 12.5. The zero-order chi connectivity index (χ0) is 22.0. The molecule has 4 aromatic rings. The van der Waals surface area contributed by atoms with Gasteiger partial charge in [-0.2, -0.15) is 0 Å². The van der Waals surface area contributed by atoms with Gasteiger partial charge in [-0.25, -0.2) is 9.67 Å². The molecule has 0 aliphatic rings. The molecule has 3 N–H and O–H groups in total. The summed E-state index contributed by atoms with van der Waals surface area (Å²) in [5, 5.41) is 11.2. The smallest absolute Gasteiger partial charge is 0.280 e. The van der Waals surface area contributed by atoms with E-state index in [2.05, 4.69) is 20.6 Å². The minimum Gasteiger partial charge on any atom is -0.496 e. The average Bonchev–Trinajstić information content (AvgIpc) is 3.32. The number of carbonyl (C=O) groups is 1. The summed E-state index contributed by atoms with van der Waals surface area (Å²) in [6, 6.07) is 14.1. The third-order valence-electron chi connectivity index (χ3n) is 4.62. The number of aromatic nitrogens is 4. The van der Waals surface area contributed by atoms with Crippen molar-refractivity contribution in [3.63, 3.8) is 0 Å². The number of oxazole rings is 1. The quantitative estimate of drug-likeness (QED) is 0.469. The zero-order valence-corrected chi connectivity index (χ0v) is 17.6. The van der Waals surface area contributed by atoms with Crippen molar-refractivity contribution in [3.05, 3.63) is 70.7 Å². The van der Waals surface area contributed by atoms with Crippen LogP contribution in [-0.4, -0.2) is 33.0 Å². The number of carbonyl (C=O) groups excluding carboxylic acids is 1. The summed E-state index contributed by atoms with van der Waals surface area (Å²) in [6.45, 7) is 1.99. The van der Waals surface area contributed by atoms with Crippen LogP contribution in [0.4, 0.5) is 11.5 Å². The Morgan fingerprint density at radius 2 is 1.97 bits per heavy atom. The summed E-state index contributed by atoms with van der Waals surface area (Å²) < 4.78 is 12.6. The highest BCUT2D eigenvalue weighted by atomic mass is 35.5. The predicted octanol–water partition coefficient (Wildman–Crippen LogP) is 3.79. The van der Waals surface area contributed by atoms with Gasteiger partial charge in [-0.15, -0.1) is 5.10 Å². The summed E-state index contributed by atoms with van der Waals surface area (Å²) in [6.07, 6.45) is 0. The van der Waals surface area contributed by atoms with Gasteiger partial charge in [0.1, 0.15) is 17.2 Å². The van der Waals surface area contributed by atoms with Gasteiger partial charge in [0.2, 0.25) is 5.89 Å². The van der Waals surface area contributed by atoms with E-state index in [0.29, 0.717) is 33.8 Å². The first-order chi connectivity index (χ1) is 15.0. The molecule has 1 amide bonds. The summed E-state index contributed by atoms with van der Waals surface area (Å²) in [5.41, 5.74) is 8.05. The Balaban J connectivity index is 1.54. The first kappa shape index (κ1) is 20.4. The van der Waals surface area contributed by atoms with Crippen LogP contribution in [0.1, 0.15) is 21.9 Å². The summed E-state index contributed by atoms with van der Waals surface area (Å²) >= 11 is 5.86. The predicted molar refractivity (Wildman–Crippen MR) is 116 cm³/mol. The topological polar surface area (TPSA) is 121 Å². The number of nitrogens with one attached hydrogen (secondary N) is 1. The molecule has 0 saturated heterocycles. The monoisotopic (exact) mass is 438 g/mol. The van der Waals surface area contributed by atoms with Crippen molar-refractivity contribution >= 4 is 29.0 Å². The number of nitrogens with two attached hydrogens (primary N) is 1. The third kappa shape index (κ3) is 4.22. The largest absolute Gasteiger partial charge is 0.496 e. The van der Waals surface area contributed by atoms with E-state index in [1.807, 2.05) is 24.3 Å². The lowest BCUT2D eigenvalue weighted by molar-refractivity contribution is 0.102. The molecule has 0 fully saturated rings. The number of para-hydroxylation sites is 1. The molecule has 31 heavy (non-hydrogen) atoms. The number of nitrogen functional groups attached to an aromatic ring is 1. The molecule has 0 bridgehead atoms. The van der Waals surface area contributed by atoms with Crippen LogP contribution in [0.3, 0.4) is 0 Å². The van der Waals surface area contributed by atoms with Gasteiger partial charge < -0.3 is 20.2 Å². The van der Waals surface area contributed by atoms with Gasteiger partial charge in [0.15, 0.2) is 11.5 Å². The molecule has 2 heterocycles. The van der Waals surface area contributed by atoms with E-state index < -0.39 is 5.91 Å². The number of hydrogen-bond donors (Lipinski definition) is 2. The van der Waals surface area contributed by atoms with Crippen molar-refractivity contribution < 1.29 is 13.9 Å². The summed E-state index contributed by atoms with van der Waals surface area (Å²) in [5.74, 6) is 1.31. The molecule has 4 rings (SSSR count). The number of hydrogen-bond acceptors (Lipinski definition) is 7. The Hall–Kier alpha value is -3.85. The van der Waals surface area contributed by atoms with Gasteiger partial charge in [-0.1, -0.05) is 28.9 Å².